The maximum atomic E-state index is 12.5. The van der Waals surface area contributed by atoms with Crippen LogP contribution in [0.5, 0.6) is 0 Å². The lowest BCUT2D eigenvalue weighted by molar-refractivity contribution is -0.137. The molecule has 118 valence electrons. The molecule has 0 saturated carbocycles. The van der Waals surface area contributed by atoms with Crippen molar-refractivity contribution in [2.24, 2.45) is 0 Å². The van der Waals surface area contributed by atoms with Crippen LogP contribution in [0.2, 0.25) is 0 Å². The molecule has 0 saturated heterocycles. The second kappa shape index (κ2) is 5.46. The van der Waals surface area contributed by atoms with E-state index in [-0.39, 0.29) is 0 Å². The van der Waals surface area contributed by atoms with E-state index in [0.717, 1.165) is 28.6 Å². The minimum atomic E-state index is -4.39. The number of benzene rings is 2. The molecule has 1 heterocycles. The summed E-state index contributed by atoms with van der Waals surface area (Å²) in [5, 5.41) is 3.48. The molecule has 0 atom stereocenters. The molecular weight excluding hydrogens is 305 g/mol. The number of aromatic nitrogens is 1. The van der Waals surface area contributed by atoms with E-state index < -0.39 is 17.6 Å². The first-order valence-corrected chi connectivity index (χ1v) is 6.91. The normalized spacial score (nSPS) is 11.7. The smallest absolute Gasteiger partial charge is 0.351 e. The molecule has 0 aliphatic rings. The lowest BCUT2D eigenvalue weighted by atomic mass is 10.2. The van der Waals surface area contributed by atoms with Crippen molar-refractivity contribution in [2.45, 2.75) is 13.1 Å². The standard InChI is InChI=1S/C17H13F3N2O/c1-10-2-7-14-11(8-10)9-15(22-14)16(23)21-13-5-3-12(4-6-13)17(18,19)20/h2-9,22H,1H3,(H,21,23). The maximum absolute atomic E-state index is 12.5. The average molecular weight is 318 g/mol. The van der Waals surface area contributed by atoms with Crippen molar-refractivity contribution in [2.75, 3.05) is 5.32 Å². The quantitative estimate of drug-likeness (QED) is 0.704. The van der Waals surface area contributed by atoms with Gasteiger partial charge in [0.1, 0.15) is 5.69 Å². The third-order valence-corrected chi connectivity index (χ3v) is 3.49. The Hall–Kier alpha value is -2.76. The van der Waals surface area contributed by atoms with Crippen LogP contribution in [0.4, 0.5) is 18.9 Å². The van der Waals surface area contributed by atoms with E-state index in [2.05, 4.69) is 10.3 Å². The lowest BCUT2D eigenvalue weighted by Crippen LogP contribution is -2.12. The van der Waals surface area contributed by atoms with Crippen LogP contribution in [0.15, 0.2) is 48.5 Å². The largest absolute Gasteiger partial charge is 0.416 e. The minimum Gasteiger partial charge on any atom is -0.351 e. The molecule has 6 heteroatoms. The van der Waals surface area contributed by atoms with E-state index in [9.17, 15) is 18.0 Å². The van der Waals surface area contributed by atoms with E-state index in [1.54, 1.807) is 6.07 Å². The monoisotopic (exact) mass is 318 g/mol. The van der Waals surface area contributed by atoms with Crippen molar-refractivity contribution in [3.05, 3.63) is 65.4 Å². The molecule has 0 bridgehead atoms. The number of alkyl halides is 3. The molecule has 2 aromatic carbocycles. The zero-order chi connectivity index (χ0) is 16.6. The molecule has 0 aliphatic heterocycles. The number of rotatable bonds is 2. The van der Waals surface area contributed by atoms with Gasteiger partial charge in [0.05, 0.1) is 5.56 Å². The van der Waals surface area contributed by atoms with Gasteiger partial charge in [0.15, 0.2) is 0 Å². The number of fused-ring (bicyclic) bond motifs is 1. The Bertz CT molecular complexity index is 864. The van der Waals surface area contributed by atoms with Gasteiger partial charge in [-0.3, -0.25) is 4.79 Å². The number of amides is 1. The highest BCUT2D eigenvalue weighted by molar-refractivity contribution is 6.05. The summed E-state index contributed by atoms with van der Waals surface area (Å²) in [5.41, 5.74) is 1.80. The Morgan fingerprint density at radius 2 is 1.74 bits per heavy atom. The summed E-state index contributed by atoms with van der Waals surface area (Å²) in [7, 11) is 0. The average Bonchev–Trinajstić information content (AvgIpc) is 2.90. The maximum Gasteiger partial charge on any atom is 0.416 e. The molecule has 3 nitrogen and oxygen atoms in total. The molecule has 3 rings (SSSR count). The first-order valence-electron chi connectivity index (χ1n) is 6.91. The summed E-state index contributed by atoms with van der Waals surface area (Å²) in [4.78, 5) is 15.2. The summed E-state index contributed by atoms with van der Waals surface area (Å²) in [6.07, 6.45) is -4.39. The predicted octanol–water partition coefficient (Wildman–Crippen LogP) is 4.75. The summed E-state index contributed by atoms with van der Waals surface area (Å²) in [5.74, 6) is -0.404. The van der Waals surface area contributed by atoms with Gasteiger partial charge in [0.25, 0.3) is 5.91 Å². The van der Waals surface area contributed by atoms with Gasteiger partial charge in [0, 0.05) is 16.6 Å². The lowest BCUT2D eigenvalue weighted by Gasteiger charge is -2.08. The van der Waals surface area contributed by atoms with Crippen LogP contribution in [0, 0.1) is 6.92 Å². The fourth-order valence-electron chi connectivity index (χ4n) is 2.32. The Morgan fingerprint density at radius 3 is 2.39 bits per heavy atom. The van der Waals surface area contributed by atoms with Crippen LogP contribution in [-0.2, 0) is 6.18 Å². The fraction of sp³-hybridized carbons (Fsp3) is 0.118. The third-order valence-electron chi connectivity index (χ3n) is 3.49. The van der Waals surface area contributed by atoms with E-state index in [0.29, 0.717) is 11.4 Å². The van der Waals surface area contributed by atoms with Crippen molar-refractivity contribution < 1.29 is 18.0 Å². The highest BCUT2D eigenvalue weighted by Crippen LogP contribution is 2.30. The van der Waals surface area contributed by atoms with E-state index in [1.165, 1.54) is 12.1 Å². The zero-order valence-electron chi connectivity index (χ0n) is 12.2. The molecule has 0 fully saturated rings. The van der Waals surface area contributed by atoms with E-state index in [4.69, 9.17) is 0 Å². The van der Waals surface area contributed by atoms with Gasteiger partial charge in [-0.2, -0.15) is 13.2 Å². The molecule has 1 aromatic heterocycles. The highest BCUT2D eigenvalue weighted by Gasteiger charge is 2.30. The van der Waals surface area contributed by atoms with Crippen molar-refractivity contribution in [1.29, 1.82) is 0 Å². The molecule has 3 aromatic rings. The van der Waals surface area contributed by atoms with Crippen LogP contribution in [-0.4, -0.2) is 10.9 Å². The van der Waals surface area contributed by atoms with Crippen LogP contribution < -0.4 is 5.32 Å². The van der Waals surface area contributed by atoms with Gasteiger partial charge < -0.3 is 10.3 Å². The summed E-state index contributed by atoms with van der Waals surface area (Å²) < 4.78 is 37.5. The number of carbonyl (C=O) groups is 1. The van der Waals surface area contributed by atoms with Gasteiger partial charge in [-0.15, -0.1) is 0 Å². The molecule has 0 radical (unpaired) electrons. The van der Waals surface area contributed by atoms with Gasteiger partial charge in [-0.1, -0.05) is 11.6 Å². The van der Waals surface area contributed by atoms with Crippen LogP contribution in [0.25, 0.3) is 10.9 Å². The molecule has 0 aliphatic carbocycles. The summed E-state index contributed by atoms with van der Waals surface area (Å²) in [6, 6.07) is 11.8. The third kappa shape index (κ3) is 3.21. The Balaban J connectivity index is 1.80. The number of carbonyl (C=O) groups excluding carboxylic acids is 1. The number of anilines is 1. The molecule has 1 amide bonds. The molecule has 23 heavy (non-hydrogen) atoms. The predicted molar refractivity (Wildman–Crippen MR) is 82.4 cm³/mol. The minimum absolute atomic E-state index is 0.304. The van der Waals surface area contributed by atoms with Crippen molar-refractivity contribution >= 4 is 22.5 Å². The zero-order valence-corrected chi connectivity index (χ0v) is 12.2. The molecular formula is C17H13F3N2O. The number of nitrogens with one attached hydrogen (secondary N) is 2. The Labute approximate surface area is 130 Å². The first-order chi connectivity index (χ1) is 10.8. The summed E-state index contributed by atoms with van der Waals surface area (Å²) in [6.45, 7) is 1.95. The van der Waals surface area contributed by atoms with Crippen molar-refractivity contribution in [3.8, 4) is 0 Å². The molecule has 2 N–H and O–H groups in total. The first kappa shape index (κ1) is 15.1. The van der Waals surface area contributed by atoms with Crippen LogP contribution in [0.3, 0.4) is 0 Å². The number of aromatic amines is 1. The Morgan fingerprint density at radius 1 is 1.04 bits per heavy atom. The highest BCUT2D eigenvalue weighted by atomic mass is 19.4. The second-order valence-electron chi connectivity index (χ2n) is 5.30. The molecule has 0 spiro atoms. The van der Waals surface area contributed by atoms with Gasteiger partial charge in [-0.25, -0.2) is 0 Å². The SMILES string of the molecule is Cc1ccc2[nH]c(C(=O)Nc3ccc(C(F)(F)F)cc3)cc2c1. The number of H-pyrrole nitrogens is 1. The van der Waals surface area contributed by atoms with Crippen LogP contribution >= 0.6 is 0 Å². The van der Waals surface area contributed by atoms with Gasteiger partial charge >= 0.3 is 6.18 Å². The van der Waals surface area contributed by atoms with E-state index >= 15 is 0 Å². The Kier molecular flexibility index (Phi) is 3.60. The summed E-state index contributed by atoms with van der Waals surface area (Å²) >= 11 is 0. The number of hydrogen-bond donors (Lipinski definition) is 2. The fourth-order valence-corrected chi connectivity index (χ4v) is 2.32. The van der Waals surface area contributed by atoms with Gasteiger partial charge in [0.2, 0.25) is 0 Å². The van der Waals surface area contributed by atoms with Crippen molar-refractivity contribution in [1.82, 2.24) is 4.98 Å². The number of aryl methyl sites for hydroxylation is 1. The van der Waals surface area contributed by atoms with Gasteiger partial charge in [-0.05, 0) is 49.4 Å². The molecule has 0 unspecified atom stereocenters. The second-order valence-corrected chi connectivity index (χ2v) is 5.30. The number of halogens is 3. The number of hydrogen-bond acceptors (Lipinski definition) is 1. The van der Waals surface area contributed by atoms with E-state index in [1.807, 2.05) is 25.1 Å². The van der Waals surface area contributed by atoms with Crippen LogP contribution in [0.1, 0.15) is 21.6 Å². The topological polar surface area (TPSA) is 44.9 Å². The van der Waals surface area contributed by atoms with Crippen molar-refractivity contribution in [3.63, 3.8) is 0 Å².